The molecule has 3 aromatic heterocycles. The van der Waals surface area contributed by atoms with Crippen LogP contribution in [0.5, 0.6) is 0 Å². The minimum absolute atomic E-state index is 0.0382. The third-order valence-corrected chi connectivity index (χ3v) is 6.08. The predicted octanol–water partition coefficient (Wildman–Crippen LogP) is 3.37. The van der Waals surface area contributed by atoms with Gasteiger partial charge in [0.05, 0.1) is 11.2 Å². The molecule has 6 heteroatoms. The summed E-state index contributed by atoms with van der Waals surface area (Å²) in [6, 6.07) is 9.87. The number of rotatable bonds is 2. The van der Waals surface area contributed by atoms with Crippen LogP contribution in [0.2, 0.25) is 0 Å². The fourth-order valence-corrected chi connectivity index (χ4v) is 4.43. The van der Waals surface area contributed by atoms with Crippen LogP contribution in [-0.4, -0.2) is 44.2 Å². The number of fused-ring (bicyclic) bond motifs is 2. The second-order valence-electron chi connectivity index (χ2n) is 8.28. The van der Waals surface area contributed by atoms with Crippen molar-refractivity contribution in [2.45, 2.75) is 25.7 Å². The van der Waals surface area contributed by atoms with Gasteiger partial charge in [0.25, 0.3) is 5.56 Å². The fourth-order valence-electron chi connectivity index (χ4n) is 4.43. The Kier molecular flexibility index (Phi) is 4.24. The summed E-state index contributed by atoms with van der Waals surface area (Å²) in [4.78, 5) is 20.1. The Labute approximate surface area is 169 Å². The molecule has 148 valence electrons. The van der Waals surface area contributed by atoms with E-state index >= 15 is 0 Å². The SMILES string of the molecule is Cc1cc(-c2cc(=O)n3cc(C4CCN(C)CC4)ccc3n2)cc2cn(C)nc12. The molecule has 0 atom stereocenters. The zero-order valence-electron chi connectivity index (χ0n) is 17.1. The zero-order valence-corrected chi connectivity index (χ0v) is 17.1. The maximum Gasteiger partial charge on any atom is 0.258 e. The molecule has 0 bridgehead atoms. The molecule has 1 fully saturated rings. The van der Waals surface area contributed by atoms with Gasteiger partial charge in [0.15, 0.2) is 0 Å². The molecule has 0 saturated carbocycles. The van der Waals surface area contributed by atoms with Crippen molar-refractivity contribution in [3.8, 4) is 11.3 Å². The van der Waals surface area contributed by atoms with E-state index in [0.717, 1.165) is 48.0 Å². The standard InChI is InChI=1S/C23H25N5O/c1-15-10-18(11-19-13-27(3)25-23(15)19)20-12-22(29)28-14-17(4-5-21(28)24-20)16-6-8-26(2)9-7-16/h4-5,10-14,16H,6-9H2,1-3H3. The Morgan fingerprint density at radius 2 is 1.83 bits per heavy atom. The molecular formula is C23H25N5O. The van der Waals surface area contributed by atoms with Crippen LogP contribution >= 0.6 is 0 Å². The van der Waals surface area contributed by atoms with Crippen molar-refractivity contribution in [2.75, 3.05) is 20.1 Å². The van der Waals surface area contributed by atoms with Gasteiger partial charge in [0.2, 0.25) is 0 Å². The minimum atomic E-state index is -0.0382. The van der Waals surface area contributed by atoms with Crippen LogP contribution in [0.3, 0.4) is 0 Å². The van der Waals surface area contributed by atoms with E-state index in [1.165, 1.54) is 5.56 Å². The van der Waals surface area contributed by atoms with Crippen molar-refractivity contribution < 1.29 is 0 Å². The molecule has 0 amide bonds. The molecule has 4 heterocycles. The number of pyridine rings is 1. The monoisotopic (exact) mass is 387 g/mol. The van der Waals surface area contributed by atoms with Crippen molar-refractivity contribution in [3.05, 3.63) is 64.2 Å². The second kappa shape index (κ2) is 6.81. The van der Waals surface area contributed by atoms with E-state index < -0.39 is 0 Å². The minimum Gasteiger partial charge on any atom is -0.306 e. The van der Waals surface area contributed by atoms with Crippen LogP contribution in [0.25, 0.3) is 27.8 Å². The highest BCUT2D eigenvalue weighted by Gasteiger charge is 2.19. The van der Waals surface area contributed by atoms with Crippen LogP contribution < -0.4 is 5.56 Å². The van der Waals surface area contributed by atoms with Gasteiger partial charge >= 0.3 is 0 Å². The van der Waals surface area contributed by atoms with E-state index in [9.17, 15) is 4.79 Å². The molecule has 0 spiro atoms. The summed E-state index contributed by atoms with van der Waals surface area (Å²) in [6.07, 6.45) is 6.24. The van der Waals surface area contributed by atoms with E-state index in [1.807, 2.05) is 37.1 Å². The topological polar surface area (TPSA) is 55.4 Å². The lowest BCUT2D eigenvalue weighted by atomic mass is 9.91. The molecule has 0 unspecified atom stereocenters. The number of piperidine rings is 1. The van der Waals surface area contributed by atoms with Crippen molar-refractivity contribution in [1.29, 1.82) is 0 Å². The molecule has 6 nitrogen and oxygen atoms in total. The summed E-state index contributed by atoms with van der Waals surface area (Å²) in [6.45, 7) is 4.25. The van der Waals surface area contributed by atoms with Gasteiger partial charge in [0.1, 0.15) is 5.65 Å². The van der Waals surface area contributed by atoms with Crippen LogP contribution in [0.1, 0.15) is 29.9 Å². The Hall–Kier alpha value is -2.99. The molecule has 1 aromatic carbocycles. The Bertz CT molecular complexity index is 1280. The third kappa shape index (κ3) is 3.23. The molecule has 0 N–H and O–H groups in total. The van der Waals surface area contributed by atoms with Crippen LogP contribution in [0.4, 0.5) is 0 Å². The average molecular weight is 387 g/mol. The molecule has 1 aliphatic rings. The first-order chi connectivity index (χ1) is 14.0. The highest BCUT2D eigenvalue weighted by atomic mass is 16.1. The van der Waals surface area contributed by atoms with Crippen molar-refractivity contribution in [1.82, 2.24) is 24.1 Å². The van der Waals surface area contributed by atoms with Gasteiger partial charge in [-0.3, -0.25) is 13.9 Å². The number of aryl methyl sites for hydroxylation is 2. The summed E-state index contributed by atoms with van der Waals surface area (Å²) in [5.41, 5.74) is 5.60. The molecule has 29 heavy (non-hydrogen) atoms. The van der Waals surface area contributed by atoms with E-state index in [-0.39, 0.29) is 5.56 Å². The first-order valence-corrected chi connectivity index (χ1v) is 10.1. The Morgan fingerprint density at radius 1 is 1.03 bits per heavy atom. The Morgan fingerprint density at radius 3 is 2.62 bits per heavy atom. The lowest BCUT2D eigenvalue weighted by Gasteiger charge is -2.29. The maximum absolute atomic E-state index is 12.9. The summed E-state index contributed by atoms with van der Waals surface area (Å²) in [5.74, 6) is 0.512. The predicted molar refractivity (Wildman–Crippen MR) is 115 cm³/mol. The van der Waals surface area contributed by atoms with Gasteiger partial charge in [-0.25, -0.2) is 4.98 Å². The van der Waals surface area contributed by atoms with Gasteiger partial charge in [-0.15, -0.1) is 0 Å². The number of hydrogen-bond acceptors (Lipinski definition) is 4. The van der Waals surface area contributed by atoms with Gasteiger partial charge in [-0.1, -0.05) is 6.07 Å². The van der Waals surface area contributed by atoms with Crippen molar-refractivity contribution in [2.24, 2.45) is 7.05 Å². The van der Waals surface area contributed by atoms with Crippen molar-refractivity contribution in [3.63, 3.8) is 0 Å². The van der Waals surface area contributed by atoms with Gasteiger partial charge in [-0.05, 0) is 75.1 Å². The van der Waals surface area contributed by atoms with Gasteiger partial charge in [-0.2, -0.15) is 5.10 Å². The highest BCUT2D eigenvalue weighted by Crippen LogP contribution is 2.28. The third-order valence-electron chi connectivity index (χ3n) is 6.08. The van der Waals surface area contributed by atoms with Crippen molar-refractivity contribution >= 4 is 16.6 Å². The molecular weight excluding hydrogens is 362 g/mol. The van der Waals surface area contributed by atoms with E-state index in [1.54, 1.807) is 10.5 Å². The van der Waals surface area contributed by atoms with Crippen LogP contribution in [0, 0.1) is 6.92 Å². The van der Waals surface area contributed by atoms with Gasteiger partial charge < -0.3 is 4.90 Å². The molecule has 5 rings (SSSR count). The number of nitrogens with zero attached hydrogens (tertiary/aromatic N) is 5. The number of hydrogen-bond donors (Lipinski definition) is 0. The first kappa shape index (κ1) is 18.1. The smallest absolute Gasteiger partial charge is 0.258 e. The fraction of sp³-hybridized carbons (Fsp3) is 0.348. The van der Waals surface area contributed by atoms with E-state index in [4.69, 9.17) is 4.98 Å². The summed E-state index contributed by atoms with van der Waals surface area (Å²) < 4.78 is 3.50. The largest absolute Gasteiger partial charge is 0.306 e. The summed E-state index contributed by atoms with van der Waals surface area (Å²) in [7, 11) is 4.08. The van der Waals surface area contributed by atoms with Crippen LogP contribution in [0.15, 0.2) is 47.5 Å². The van der Waals surface area contributed by atoms with Crippen LogP contribution in [-0.2, 0) is 7.05 Å². The lowest BCUT2D eigenvalue weighted by Crippen LogP contribution is -2.29. The molecule has 4 aromatic rings. The maximum atomic E-state index is 12.9. The highest BCUT2D eigenvalue weighted by molar-refractivity contribution is 5.86. The quantitative estimate of drug-likeness (QED) is 0.529. The van der Waals surface area contributed by atoms with Gasteiger partial charge in [0, 0.05) is 36.5 Å². The summed E-state index contributed by atoms with van der Waals surface area (Å²) in [5, 5.41) is 5.56. The van der Waals surface area contributed by atoms with E-state index in [2.05, 4.69) is 35.2 Å². The summed E-state index contributed by atoms with van der Waals surface area (Å²) >= 11 is 0. The Balaban J connectivity index is 1.57. The number of aromatic nitrogens is 4. The molecule has 0 radical (unpaired) electrons. The molecule has 1 saturated heterocycles. The number of benzene rings is 1. The second-order valence-corrected chi connectivity index (χ2v) is 8.28. The zero-order chi connectivity index (χ0) is 20.1. The normalized spacial score (nSPS) is 16.1. The molecule has 1 aliphatic heterocycles. The first-order valence-electron chi connectivity index (χ1n) is 10.1. The average Bonchev–Trinajstić information content (AvgIpc) is 3.09. The lowest BCUT2D eigenvalue weighted by molar-refractivity contribution is 0.255. The molecule has 0 aliphatic carbocycles. The number of likely N-dealkylation sites (tertiary alicyclic amines) is 1. The van der Waals surface area contributed by atoms with E-state index in [0.29, 0.717) is 17.3 Å².